The zero-order valence-electron chi connectivity index (χ0n) is 11.2. The van der Waals surface area contributed by atoms with Crippen LogP contribution in [0.3, 0.4) is 0 Å². The topological polar surface area (TPSA) is 40.5 Å². The van der Waals surface area contributed by atoms with E-state index in [1.807, 2.05) is 24.3 Å². The lowest BCUT2D eigenvalue weighted by molar-refractivity contribution is -0.156. The monoisotopic (exact) mass is 325 g/mol. The van der Waals surface area contributed by atoms with E-state index in [9.17, 15) is 9.90 Å². The lowest BCUT2D eigenvalue weighted by atomic mass is 9.89. The molecule has 0 aliphatic carbocycles. The second-order valence-corrected chi connectivity index (χ2v) is 6.27. The molecule has 1 heterocycles. The number of halogens is 1. The molecule has 1 aromatic rings. The van der Waals surface area contributed by atoms with Gasteiger partial charge in [0, 0.05) is 10.9 Å². The molecule has 0 bridgehead atoms. The lowest BCUT2D eigenvalue weighted by Crippen LogP contribution is -2.63. The van der Waals surface area contributed by atoms with Crippen LogP contribution in [0.15, 0.2) is 28.7 Å². The SMILES string of the molecule is CCCC1(O)CN(C(=O)CCc2cccc(Br)c2)C1. The number of likely N-dealkylation sites (tertiary alicyclic amines) is 1. The zero-order valence-corrected chi connectivity index (χ0v) is 12.8. The molecule has 104 valence electrons. The van der Waals surface area contributed by atoms with Gasteiger partial charge in [0.05, 0.1) is 18.7 Å². The Hall–Kier alpha value is -0.870. The van der Waals surface area contributed by atoms with Crippen LogP contribution in [0.4, 0.5) is 0 Å². The minimum atomic E-state index is -0.625. The van der Waals surface area contributed by atoms with Crippen LogP contribution >= 0.6 is 15.9 Å². The summed E-state index contributed by atoms with van der Waals surface area (Å²) >= 11 is 3.43. The quantitative estimate of drug-likeness (QED) is 0.904. The first-order valence-electron chi connectivity index (χ1n) is 6.77. The van der Waals surface area contributed by atoms with Crippen molar-refractivity contribution in [1.29, 1.82) is 0 Å². The molecule has 4 heteroatoms. The van der Waals surface area contributed by atoms with Crippen LogP contribution in [-0.4, -0.2) is 34.6 Å². The molecule has 0 saturated carbocycles. The molecule has 3 nitrogen and oxygen atoms in total. The maximum absolute atomic E-state index is 12.0. The van der Waals surface area contributed by atoms with Gasteiger partial charge in [-0.05, 0) is 30.5 Å². The summed E-state index contributed by atoms with van der Waals surface area (Å²) in [5.74, 6) is 0.140. The number of aliphatic hydroxyl groups is 1. The molecule has 19 heavy (non-hydrogen) atoms. The number of β-amino-alcohol motifs (C(OH)–C–C–N with tert-alkyl or cyclic N) is 1. The van der Waals surface area contributed by atoms with Crippen molar-refractivity contribution in [3.05, 3.63) is 34.3 Å². The summed E-state index contributed by atoms with van der Waals surface area (Å²) in [6, 6.07) is 8.03. The van der Waals surface area contributed by atoms with Gasteiger partial charge in [-0.25, -0.2) is 0 Å². The van der Waals surface area contributed by atoms with E-state index >= 15 is 0 Å². The van der Waals surface area contributed by atoms with Crippen LogP contribution in [0, 0.1) is 0 Å². The molecule has 1 aliphatic heterocycles. The Balaban J connectivity index is 1.77. The van der Waals surface area contributed by atoms with Crippen molar-refractivity contribution in [2.75, 3.05) is 13.1 Å². The van der Waals surface area contributed by atoms with E-state index in [1.165, 1.54) is 0 Å². The van der Waals surface area contributed by atoms with E-state index in [1.54, 1.807) is 4.90 Å². The predicted molar refractivity (Wildman–Crippen MR) is 78.9 cm³/mol. The summed E-state index contributed by atoms with van der Waals surface area (Å²) in [5.41, 5.74) is 0.535. The molecule has 1 amide bonds. The summed E-state index contributed by atoms with van der Waals surface area (Å²) in [4.78, 5) is 13.7. The molecule has 0 aromatic heterocycles. The largest absolute Gasteiger partial charge is 0.386 e. The van der Waals surface area contributed by atoms with Gasteiger partial charge in [-0.2, -0.15) is 0 Å². The van der Waals surface area contributed by atoms with Crippen molar-refractivity contribution in [3.8, 4) is 0 Å². The highest BCUT2D eigenvalue weighted by Crippen LogP contribution is 2.26. The summed E-state index contributed by atoms with van der Waals surface area (Å²) in [5, 5.41) is 10.1. The number of aryl methyl sites for hydroxylation is 1. The zero-order chi connectivity index (χ0) is 13.9. The van der Waals surface area contributed by atoms with Crippen LogP contribution in [0.25, 0.3) is 0 Å². The molecule has 1 N–H and O–H groups in total. The van der Waals surface area contributed by atoms with Crippen LogP contribution in [0.1, 0.15) is 31.7 Å². The molecule has 1 saturated heterocycles. The number of amides is 1. The predicted octanol–water partition coefficient (Wildman–Crippen LogP) is 2.76. The third-order valence-electron chi connectivity index (χ3n) is 3.55. The molecule has 1 aliphatic rings. The molecule has 0 unspecified atom stereocenters. The second-order valence-electron chi connectivity index (χ2n) is 5.35. The fourth-order valence-corrected chi connectivity index (χ4v) is 3.01. The third-order valence-corrected chi connectivity index (χ3v) is 4.05. The second kappa shape index (κ2) is 6.06. The molecule has 1 fully saturated rings. The molecule has 1 aromatic carbocycles. The maximum atomic E-state index is 12.0. The maximum Gasteiger partial charge on any atom is 0.223 e. The van der Waals surface area contributed by atoms with Crippen molar-refractivity contribution in [2.24, 2.45) is 0 Å². The van der Waals surface area contributed by atoms with Gasteiger partial charge in [0.2, 0.25) is 5.91 Å². The van der Waals surface area contributed by atoms with Gasteiger partial charge in [-0.15, -0.1) is 0 Å². The van der Waals surface area contributed by atoms with E-state index in [0.29, 0.717) is 19.5 Å². The van der Waals surface area contributed by atoms with Crippen molar-refractivity contribution in [1.82, 2.24) is 4.90 Å². The highest BCUT2D eigenvalue weighted by molar-refractivity contribution is 9.10. The Morgan fingerprint density at radius 2 is 2.21 bits per heavy atom. The number of rotatable bonds is 5. The minimum Gasteiger partial charge on any atom is -0.386 e. The van der Waals surface area contributed by atoms with Gasteiger partial charge >= 0.3 is 0 Å². The summed E-state index contributed by atoms with van der Waals surface area (Å²) in [6.07, 6.45) is 3.00. The number of benzene rings is 1. The van der Waals surface area contributed by atoms with Gasteiger partial charge in [-0.1, -0.05) is 41.4 Å². The summed E-state index contributed by atoms with van der Waals surface area (Å²) < 4.78 is 1.04. The summed E-state index contributed by atoms with van der Waals surface area (Å²) in [7, 11) is 0. The number of carbonyl (C=O) groups excluding carboxylic acids is 1. The van der Waals surface area contributed by atoms with E-state index in [4.69, 9.17) is 0 Å². The van der Waals surface area contributed by atoms with Crippen molar-refractivity contribution in [3.63, 3.8) is 0 Å². The number of hydrogen-bond acceptors (Lipinski definition) is 2. The van der Waals surface area contributed by atoms with Crippen LogP contribution < -0.4 is 0 Å². The van der Waals surface area contributed by atoms with E-state index < -0.39 is 5.60 Å². The molecular formula is C15H20BrNO2. The number of nitrogens with zero attached hydrogens (tertiary/aromatic N) is 1. The van der Waals surface area contributed by atoms with Gasteiger partial charge in [0.25, 0.3) is 0 Å². The third kappa shape index (κ3) is 3.80. The highest BCUT2D eigenvalue weighted by Gasteiger charge is 2.42. The fourth-order valence-electron chi connectivity index (χ4n) is 2.57. The van der Waals surface area contributed by atoms with Crippen LogP contribution in [0.2, 0.25) is 0 Å². The first-order chi connectivity index (χ1) is 9.02. The number of carbonyl (C=O) groups is 1. The van der Waals surface area contributed by atoms with Gasteiger partial charge < -0.3 is 10.0 Å². The Morgan fingerprint density at radius 1 is 1.47 bits per heavy atom. The lowest BCUT2D eigenvalue weighted by Gasteiger charge is -2.46. The van der Waals surface area contributed by atoms with Crippen molar-refractivity contribution in [2.45, 2.75) is 38.2 Å². The minimum absolute atomic E-state index is 0.140. The average molecular weight is 326 g/mol. The van der Waals surface area contributed by atoms with E-state index in [-0.39, 0.29) is 5.91 Å². The fraction of sp³-hybridized carbons (Fsp3) is 0.533. The first-order valence-corrected chi connectivity index (χ1v) is 7.56. The molecule has 0 atom stereocenters. The van der Waals surface area contributed by atoms with E-state index in [2.05, 4.69) is 22.9 Å². The average Bonchev–Trinajstić information content (AvgIpc) is 2.33. The Labute approximate surface area is 122 Å². The van der Waals surface area contributed by atoms with Gasteiger partial charge in [0.1, 0.15) is 0 Å². The van der Waals surface area contributed by atoms with Gasteiger partial charge in [-0.3, -0.25) is 4.79 Å². The van der Waals surface area contributed by atoms with Crippen molar-refractivity contribution >= 4 is 21.8 Å². The smallest absolute Gasteiger partial charge is 0.223 e. The Morgan fingerprint density at radius 3 is 2.84 bits per heavy atom. The summed E-state index contributed by atoms with van der Waals surface area (Å²) in [6.45, 7) is 3.05. The van der Waals surface area contributed by atoms with Crippen LogP contribution in [0.5, 0.6) is 0 Å². The Bertz CT molecular complexity index is 455. The molecule has 0 spiro atoms. The normalized spacial score (nSPS) is 17.1. The van der Waals surface area contributed by atoms with Gasteiger partial charge in [0.15, 0.2) is 0 Å². The Kier molecular flexibility index (Phi) is 4.63. The van der Waals surface area contributed by atoms with Crippen LogP contribution in [-0.2, 0) is 11.2 Å². The number of hydrogen-bond donors (Lipinski definition) is 1. The standard InChI is InChI=1S/C15H20BrNO2/c1-2-8-15(19)10-17(11-15)14(18)7-6-12-4-3-5-13(16)9-12/h3-5,9,19H,2,6-8,10-11H2,1H3. The van der Waals surface area contributed by atoms with E-state index in [0.717, 1.165) is 29.3 Å². The first kappa shape index (κ1) is 14.5. The highest BCUT2D eigenvalue weighted by atomic mass is 79.9. The molecule has 0 radical (unpaired) electrons. The van der Waals surface area contributed by atoms with Crippen molar-refractivity contribution < 1.29 is 9.90 Å². The molecular weight excluding hydrogens is 306 g/mol. The molecule has 2 rings (SSSR count).